The van der Waals surface area contributed by atoms with Crippen molar-refractivity contribution < 1.29 is 9.18 Å². The maximum absolute atomic E-state index is 12.5. The van der Waals surface area contributed by atoms with Crippen molar-refractivity contribution in [3.63, 3.8) is 0 Å². The molecule has 88 valence electrons. The Labute approximate surface area is 96.1 Å². The van der Waals surface area contributed by atoms with Crippen LogP contribution in [0.1, 0.15) is 29.8 Å². The molecule has 3 heteroatoms. The van der Waals surface area contributed by atoms with Gasteiger partial charge in [-0.3, -0.25) is 4.79 Å². The summed E-state index contributed by atoms with van der Waals surface area (Å²) in [4.78, 5) is 13.2. The van der Waals surface area contributed by atoms with Gasteiger partial charge < -0.3 is 4.90 Å². The van der Waals surface area contributed by atoms with Crippen molar-refractivity contribution in [3.05, 3.63) is 35.4 Å². The Kier molecular flexibility index (Phi) is 4.47. The van der Waals surface area contributed by atoms with Gasteiger partial charge >= 0.3 is 0 Å². The van der Waals surface area contributed by atoms with E-state index < -0.39 is 6.17 Å². The number of aryl methyl sites for hydroxylation is 1. The fourth-order valence-electron chi connectivity index (χ4n) is 1.55. The number of carbonyl (C=O) groups excluding carboxylic acids is 1. The van der Waals surface area contributed by atoms with Gasteiger partial charge in [0.15, 0.2) is 0 Å². The standard InChI is InChI=1S/C11H12FNO.C2H6/c1-8-3-2-4-9(5-8)11(14)13-6-10(12)7-13;1-2/h2-5,10H,6-7H2,1H3;1-2H3. The number of benzene rings is 1. The average Bonchev–Trinajstić information content (AvgIpc) is 2.27. The van der Waals surface area contributed by atoms with Crippen molar-refractivity contribution in [3.8, 4) is 0 Å². The first-order valence-electron chi connectivity index (χ1n) is 5.67. The van der Waals surface area contributed by atoms with Gasteiger partial charge in [0.2, 0.25) is 0 Å². The summed E-state index contributed by atoms with van der Waals surface area (Å²) in [7, 11) is 0. The van der Waals surface area contributed by atoms with Crippen LogP contribution in [0.3, 0.4) is 0 Å². The second-order valence-electron chi connectivity index (χ2n) is 3.68. The number of hydrogen-bond donors (Lipinski definition) is 0. The zero-order valence-corrected chi connectivity index (χ0v) is 10.0. The molecule has 1 amide bonds. The zero-order chi connectivity index (χ0) is 12.1. The van der Waals surface area contributed by atoms with Gasteiger partial charge in [-0.1, -0.05) is 31.5 Å². The Hall–Kier alpha value is -1.38. The second-order valence-corrected chi connectivity index (χ2v) is 3.68. The fraction of sp³-hybridized carbons (Fsp3) is 0.462. The molecule has 0 unspecified atom stereocenters. The summed E-state index contributed by atoms with van der Waals surface area (Å²) in [6.07, 6.45) is -0.830. The van der Waals surface area contributed by atoms with Crippen molar-refractivity contribution in [2.24, 2.45) is 0 Å². The molecule has 1 aliphatic heterocycles. The normalized spacial score (nSPS) is 14.9. The van der Waals surface area contributed by atoms with E-state index >= 15 is 0 Å². The van der Waals surface area contributed by atoms with Gasteiger partial charge in [0, 0.05) is 5.56 Å². The largest absolute Gasteiger partial charge is 0.333 e. The molecule has 0 N–H and O–H groups in total. The van der Waals surface area contributed by atoms with Gasteiger partial charge in [-0.25, -0.2) is 4.39 Å². The Morgan fingerprint density at radius 3 is 2.50 bits per heavy atom. The molecule has 0 spiro atoms. The van der Waals surface area contributed by atoms with Crippen LogP contribution in [0.25, 0.3) is 0 Å². The number of carbonyl (C=O) groups is 1. The molecule has 1 saturated heterocycles. The fourth-order valence-corrected chi connectivity index (χ4v) is 1.55. The van der Waals surface area contributed by atoms with Crippen LogP contribution in [0.4, 0.5) is 4.39 Å². The molecule has 2 rings (SSSR count). The number of rotatable bonds is 1. The molecule has 1 fully saturated rings. The van der Waals surface area contributed by atoms with Gasteiger partial charge in [-0.2, -0.15) is 0 Å². The van der Waals surface area contributed by atoms with E-state index in [1.54, 1.807) is 6.07 Å². The average molecular weight is 223 g/mol. The first-order chi connectivity index (χ1) is 7.66. The molecule has 0 saturated carbocycles. The van der Waals surface area contributed by atoms with Gasteiger partial charge in [-0.05, 0) is 19.1 Å². The minimum Gasteiger partial charge on any atom is -0.333 e. The van der Waals surface area contributed by atoms with Crippen molar-refractivity contribution >= 4 is 5.91 Å². The molecule has 16 heavy (non-hydrogen) atoms. The lowest BCUT2D eigenvalue weighted by molar-refractivity contribution is 0.0400. The monoisotopic (exact) mass is 223 g/mol. The first-order valence-corrected chi connectivity index (χ1v) is 5.67. The van der Waals surface area contributed by atoms with Gasteiger partial charge in [0.1, 0.15) is 6.17 Å². The van der Waals surface area contributed by atoms with Crippen LogP contribution in [0.5, 0.6) is 0 Å². The smallest absolute Gasteiger partial charge is 0.254 e. The minimum atomic E-state index is -0.830. The molecule has 0 atom stereocenters. The summed E-state index contributed by atoms with van der Waals surface area (Å²) >= 11 is 0. The van der Waals surface area contributed by atoms with Crippen LogP contribution < -0.4 is 0 Å². The predicted octanol–water partition coefficient (Wildman–Crippen LogP) is 2.82. The summed E-state index contributed by atoms with van der Waals surface area (Å²) in [5.41, 5.74) is 1.70. The topological polar surface area (TPSA) is 20.3 Å². The summed E-state index contributed by atoms with van der Waals surface area (Å²) < 4.78 is 12.5. The summed E-state index contributed by atoms with van der Waals surface area (Å²) in [5.74, 6) is -0.0670. The lowest BCUT2D eigenvalue weighted by Gasteiger charge is -2.34. The third-order valence-corrected chi connectivity index (χ3v) is 2.39. The molecule has 0 radical (unpaired) electrons. The number of halogens is 1. The van der Waals surface area contributed by atoms with E-state index in [2.05, 4.69) is 0 Å². The van der Waals surface area contributed by atoms with Crippen LogP contribution in [0, 0.1) is 6.92 Å². The van der Waals surface area contributed by atoms with Crippen molar-refractivity contribution in [2.45, 2.75) is 26.9 Å². The van der Waals surface area contributed by atoms with Crippen molar-refractivity contribution in [1.82, 2.24) is 4.90 Å². The molecule has 0 aromatic heterocycles. The highest BCUT2D eigenvalue weighted by molar-refractivity contribution is 5.94. The zero-order valence-electron chi connectivity index (χ0n) is 10.0. The Morgan fingerprint density at radius 2 is 2.00 bits per heavy atom. The summed E-state index contributed by atoms with van der Waals surface area (Å²) in [6, 6.07) is 7.37. The SMILES string of the molecule is CC.Cc1cccc(C(=O)N2CC(F)C2)c1. The van der Waals surface area contributed by atoms with E-state index in [1.165, 1.54) is 4.90 Å². The molecule has 1 heterocycles. The lowest BCUT2D eigenvalue weighted by Crippen LogP contribution is -2.51. The molecule has 1 aromatic rings. The summed E-state index contributed by atoms with van der Waals surface area (Å²) in [6.45, 7) is 6.42. The Bertz CT molecular complexity index is 359. The molecule has 0 bridgehead atoms. The van der Waals surface area contributed by atoms with Crippen molar-refractivity contribution in [2.75, 3.05) is 13.1 Å². The quantitative estimate of drug-likeness (QED) is 0.717. The Balaban J connectivity index is 0.000000606. The highest BCUT2D eigenvalue weighted by Gasteiger charge is 2.30. The second kappa shape index (κ2) is 5.64. The number of alkyl halides is 1. The van der Waals surface area contributed by atoms with Crippen LogP contribution in [0.15, 0.2) is 24.3 Å². The van der Waals surface area contributed by atoms with Crippen LogP contribution in [-0.2, 0) is 0 Å². The third kappa shape index (κ3) is 2.81. The van der Waals surface area contributed by atoms with E-state index in [-0.39, 0.29) is 19.0 Å². The van der Waals surface area contributed by atoms with Crippen LogP contribution in [-0.4, -0.2) is 30.1 Å². The molecule has 2 nitrogen and oxygen atoms in total. The highest BCUT2D eigenvalue weighted by Crippen LogP contribution is 2.16. The number of nitrogens with zero attached hydrogens (tertiary/aromatic N) is 1. The van der Waals surface area contributed by atoms with E-state index in [1.807, 2.05) is 39.0 Å². The van der Waals surface area contributed by atoms with Gasteiger partial charge in [0.05, 0.1) is 13.1 Å². The minimum absolute atomic E-state index is 0.0670. The highest BCUT2D eigenvalue weighted by atomic mass is 19.1. The maximum Gasteiger partial charge on any atom is 0.254 e. The molecule has 0 aliphatic carbocycles. The maximum atomic E-state index is 12.5. The van der Waals surface area contributed by atoms with Gasteiger partial charge in [0.25, 0.3) is 5.91 Å². The molecule has 1 aromatic carbocycles. The van der Waals surface area contributed by atoms with E-state index in [9.17, 15) is 9.18 Å². The summed E-state index contributed by atoms with van der Waals surface area (Å²) in [5, 5.41) is 0. The third-order valence-electron chi connectivity index (χ3n) is 2.39. The van der Waals surface area contributed by atoms with Crippen LogP contribution in [0.2, 0.25) is 0 Å². The number of hydrogen-bond acceptors (Lipinski definition) is 1. The molecular weight excluding hydrogens is 205 g/mol. The van der Waals surface area contributed by atoms with Gasteiger partial charge in [-0.15, -0.1) is 0 Å². The van der Waals surface area contributed by atoms with E-state index in [4.69, 9.17) is 0 Å². The van der Waals surface area contributed by atoms with Crippen molar-refractivity contribution in [1.29, 1.82) is 0 Å². The number of likely N-dealkylation sites (tertiary alicyclic amines) is 1. The van der Waals surface area contributed by atoms with Crippen LogP contribution >= 0.6 is 0 Å². The number of amides is 1. The lowest BCUT2D eigenvalue weighted by atomic mass is 10.1. The molecular formula is C13H18FNO. The van der Waals surface area contributed by atoms with E-state index in [0.29, 0.717) is 5.56 Å². The first kappa shape index (κ1) is 12.7. The Morgan fingerprint density at radius 1 is 1.38 bits per heavy atom. The van der Waals surface area contributed by atoms with E-state index in [0.717, 1.165) is 5.56 Å². The predicted molar refractivity (Wildman–Crippen MR) is 63.3 cm³/mol. The molecule has 1 aliphatic rings.